The van der Waals surface area contributed by atoms with E-state index in [0.29, 0.717) is 23.3 Å². The third-order valence-corrected chi connectivity index (χ3v) is 8.64. The molecule has 0 unspecified atom stereocenters. The van der Waals surface area contributed by atoms with Crippen LogP contribution in [0.15, 0.2) is 119 Å². The van der Waals surface area contributed by atoms with Crippen molar-refractivity contribution in [2.75, 3.05) is 0 Å². The Morgan fingerprint density at radius 3 is 2.30 bits per heavy atom. The number of ether oxygens (including phenoxy) is 1. The molecule has 0 bridgehead atoms. The Hall–Kier alpha value is -5.67. The fraction of sp³-hybridized carbons (Fsp3) is 0.108. The minimum Gasteiger partial charge on any atom is -0.489 e. The van der Waals surface area contributed by atoms with Crippen molar-refractivity contribution < 1.29 is 4.74 Å². The summed E-state index contributed by atoms with van der Waals surface area (Å²) in [6.07, 6.45) is 3.99. The van der Waals surface area contributed by atoms with E-state index < -0.39 is 5.56 Å². The van der Waals surface area contributed by atoms with E-state index >= 15 is 0 Å². The van der Waals surface area contributed by atoms with Crippen LogP contribution in [0.25, 0.3) is 28.0 Å². The van der Waals surface area contributed by atoms with E-state index in [1.165, 1.54) is 4.52 Å². The number of hydrogen-bond donors (Lipinski definition) is 0. The molecule has 0 saturated carbocycles. The molecule has 0 radical (unpaired) electrons. The van der Waals surface area contributed by atoms with Crippen LogP contribution < -0.4 is 20.4 Å². The molecular formula is C37H29N5O3S. The van der Waals surface area contributed by atoms with Gasteiger partial charge in [-0.15, -0.1) is 0 Å². The van der Waals surface area contributed by atoms with Gasteiger partial charge in [0.1, 0.15) is 23.7 Å². The maximum absolute atomic E-state index is 13.6. The van der Waals surface area contributed by atoms with Gasteiger partial charge in [-0.05, 0) is 66.9 Å². The Morgan fingerprint density at radius 2 is 1.57 bits per heavy atom. The summed E-state index contributed by atoms with van der Waals surface area (Å²) < 4.78 is 9.54. The van der Waals surface area contributed by atoms with Crippen LogP contribution in [0.4, 0.5) is 0 Å². The zero-order valence-corrected chi connectivity index (χ0v) is 26.1. The number of hydrogen-bond acceptors (Lipinski definition) is 7. The second kappa shape index (κ2) is 12.4. The minimum atomic E-state index is -0.434. The fourth-order valence-corrected chi connectivity index (χ4v) is 6.11. The lowest BCUT2D eigenvalue weighted by Crippen LogP contribution is -2.28. The van der Waals surface area contributed by atoms with Gasteiger partial charge in [-0.1, -0.05) is 89.7 Å². The fourth-order valence-electron chi connectivity index (χ4n) is 5.22. The van der Waals surface area contributed by atoms with E-state index in [4.69, 9.17) is 9.84 Å². The molecule has 0 atom stereocenters. The lowest BCUT2D eigenvalue weighted by atomic mass is 10.0. The summed E-state index contributed by atoms with van der Waals surface area (Å²) in [6.45, 7) is 4.48. The molecule has 0 fully saturated rings. The first-order chi connectivity index (χ1) is 22.4. The Labute approximate surface area is 268 Å². The van der Waals surface area contributed by atoms with E-state index in [9.17, 15) is 9.59 Å². The molecule has 0 saturated heterocycles. The highest BCUT2D eigenvalue weighted by Crippen LogP contribution is 2.29. The van der Waals surface area contributed by atoms with Crippen molar-refractivity contribution in [2.24, 2.45) is 0 Å². The molecule has 9 heteroatoms. The highest BCUT2D eigenvalue weighted by atomic mass is 32.1. The van der Waals surface area contributed by atoms with E-state index in [2.05, 4.69) is 10.1 Å². The molecule has 3 aromatic heterocycles. The van der Waals surface area contributed by atoms with Crippen LogP contribution in [0.1, 0.15) is 33.5 Å². The molecule has 0 aliphatic heterocycles. The van der Waals surface area contributed by atoms with Crippen molar-refractivity contribution in [3.05, 3.63) is 168 Å². The summed E-state index contributed by atoms with van der Waals surface area (Å²) in [7, 11) is 0. The summed E-state index contributed by atoms with van der Waals surface area (Å²) in [4.78, 5) is 30.9. The van der Waals surface area contributed by atoms with Crippen molar-refractivity contribution in [2.45, 2.75) is 26.9 Å². The number of aryl methyl sites for hydroxylation is 2. The smallest absolute Gasteiger partial charge is 0.296 e. The van der Waals surface area contributed by atoms with E-state index in [-0.39, 0.29) is 16.2 Å². The zero-order valence-electron chi connectivity index (χ0n) is 25.3. The van der Waals surface area contributed by atoms with Gasteiger partial charge in [0.05, 0.1) is 10.2 Å². The van der Waals surface area contributed by atoms with Crippen LogP contribution >= 0.6 is 11.3 Å². The van der Waals surface area contributed by atoms with Gasteiger partial charge >= 0.3 is 0 Å². The van der Waals surface area contributed by atoms with Crippen LogP contribution in [0, 0.1) is 13.8 Å². The molecule has 0 N–H and O–H groups in total. The van der Waals surface area contributed by atoms with Crippen molar-refractivity contribution in [3.63, 3.8) is 0 Å². The Balaban J connectivity index is 1.28. The van der Waals surface area contributed by atoms with Gasteiger partial charge in [-0.25, -0.2) is 4.68 Å². The average Bonchev–Trinajstić information content (AvgIpc) is 3.63. The largest absolute Gasteiger partial charge is 0.489 e. The predicted octanol–water partition coefficient (Wildman–Crippen LogP) is 5.70. The highest BCUT2D eigenvalue weighted by molar-refractivity contribution is 7.15. The van der Waals surface area contributed by atoms with E-state index in [1.807, 2.05) is 123 Å². The number of nitrogens with zero attached hydrogens (tertiary/aromatic N) is 5. The maximum atomic E-state index is 13.6. The van der Waals surface area contributed by atoms with Crippen LogP contribution in [0.3, 0.4) is 0 Å². The van der Waals surface area contributed by atoms with Gasteiger partial charge in [0.15, 0.2) is 0 Å². The minimum absolute atomic E-state index is 0.227. The number of fused-ring (bicyclic) bond motifs is 1. The van der Waals surface area contributed by atoms with Crippen molar-refractivity contribution in [1.82, 2.24) is 24.4 Å². The summed E-state index contributed by atoms with van der Waals surface area (Å²) in [5.41, 5.74) is 6.78. The standard InChI is InChI=1S/C37H29N5O3S/c1-24-13-15-26(16-14-24)20-31-35(43)38-37-42(39-31)36(44)33(46-37)21-29-22-41(30-11-7-4-8-12-30)40-34(29)28-17-18-32(25(2)19-28)45-23-27-9-5-3-6-10-27/h3-19,21-22H,20,23H2,1-2H3. The van der Waals surface area contributed by atoms with Gasteiger partial charge in [0.2, 0.25) is 4.96 Å². The van der Waals surface area contributed by atoms with Gasteiger partial charge in [0, 0.05) is 23.7 Å². The van der Waals surface area contributed by atoms with Crippen molar-refractivity contribution in [1.29, 1.82) is 0 Å². The summed E-state index contributed by atoms with van der Waals surface area (Å²) >= 11 is 1.13. The van der Waals surface area contributed by atoms with Gasteiger partial charge < -0.3 is 4.74 Å². The second-order valence-corrected chi connectivity index (χ2v) is 12.1. The quantitative estimate of drug-likeness (QED) is 0.216. The Morgan fingerprint density at radius 1 is 0.826 bits per heavy atom. The average molecular weight is 624 g/mol. The first kappa shape index (κ1) is 29.1. The summed E-state index contributed by atoms with van der Waals surface area (Å²) in [5, 5.41) is 9.37. The molecular weight excluding hydrogens is 595 g/mol. The van der Waals surface area contributed by atoms with Crippen LogP contribution in [0.2, 0.25) is 0 Å². The van der Waals surface area contributed by atoms with Crippen molar-refractivity contribution in [3.8, 4) is 22.7 Å². The van der Waals surface area contributed by atoms with Crippen LogP contribution in [0.5, 0.6) is 5.75 Å². The predicted molar refractivity (Wildman–Crippen MR) is 181 cm³/mol. The Bertz CT molecular complexity index is 2350. The second-order valence-electron chi connectivity index (χ2n) is 11.1. The molecule has 226 valence electrons. The Kier molecular flexibility index (Phi) is 7.82. The third kappa shape index (κ3) is 6.00. The SMILES string of the molecule is Cc1ccc(Cc2nn3c(=O)c(=Cc4cn(-c5ccccc5)nc4-c4ccc(OCc5ccccc5)c(C)c4)sc3nc2=O)cc1. The third-order valence-electron chi connectivity index (χ3n) is 7.68. The molecule has 0 aliphatic carbocycles. The number of rotatable bonds is 8. The van der Waals surface area contributed by atoms with E-state index in [1.54, 1.807) is 10.8 Å². The molecule has 0 amide bonds. The van der Waals surface area contributed by atoms with E-state index in [0.717, 1.165) is 56.2 Å². The first-order valence-corrected chi connectivity index (χ1v) is 15.7. The van der Waals surface area contributed by atoms with Crippen LogP contribution in [-0.2, 0) is 13.0 Å². The van der Waals surface area contributed by atoms with Gasteiger partial charge in [-0.2, -0.15) is 19.7 Å². The highest BCUT2D eigenvalue weighted by Gasteiger charge is 2.16. The topological polar surface area (TPSA) is 91.4 Å². The molecule has 8 nitrogen and oxygen atoms in total. The number of thiazole rings is 1. The van der Waals surface area contributed by atoms with Crippen LogP contribution in [-0.4, -0.2) is 24.4 Å². The van der Waals surface area contributed by atoms with Gasteiger partial charge in [0.25, 0.3) is 11.1 Å². The summed E-state index contributed by atoms with van der Waals surface area (Å²) in [5.74, 6) is 0.787. The normalized spacial score (nSPS) is 11.7. The summed E-state index contributed by atoms with van der Waals surface area (Å²) in [6, 6.07) is 33.7. The first-order valence-electron chi connectivity index (χ1n) is 14.8. The molecule has 46 heavy (non-hydrogen) atoms. The number of aromatic nitrogens is 5. The molecule has 7 aromatic rings. The monoisotopic (exact) mass is 623 g/mol. The zero-order chi connectivity index (χ0) is 31.6. The molecule has 0 spiro atoms. The lowest BCUT2D eigenvalue weighted by molar-refractivity contribution is 0.304. The molecule has 7 rings (SSSR count). The van der Waals surface area contributed by atoms with Gasteiger partial charge in [-0.3, -0.25) is 9.59 Å². The number of para-hydroxylation sites is 1. The molecule has 3 heterocycles. The van der Waals surface area contributed by atoms with Crippen molar-refractivity contribution >= 4 is 22.4 Å². The number of benzene rings is 4. The lowest BCUT2D eigenvalue weighted by Gasteiger charge is -2.10. The maximum Gasteiger partial charge on any atom is 0.296 e. The molecule has 0 aliphatic rings. The molecule has 4 aromatic carbocycles.